The van der Waals surface area contributed by atoms with Gasteiger partial charge >= 0.3 is 0 Å². The molecular formula is C16H31N5. The Kier molecular flexibility index (Phi) is 8.55. The lowest BCUT2D eigenvalue weighted by molar-refractivity contribution is 0.523. The van der Waals surface area contributed by atoms with Gasteiger partial charge in [-0.3, -0.25) is 0 Å². The number of aromatic nitrogens is 2. The Balaban J connectivity index is 2.23. The van der Waals surface area contributed by atoms with Gasteiger partial charge in [0.1, 0.15) is 11.6 Å². The summed E-state index contributed by atoms with van der Waals surface area (Å²) in [4.78, 5) is 8.39. The zero-order chi connectivity index (χ0) is 15.5. The van der Waals surface area contributed by atoms with Gasteiger partial charge in [0, 0.05) is 19.2 Å². The molecule has 1 heterocycles. The predicted molar refractivity (Wildman–Crippen MR) is 91.6 cm³/mol. The minimum absolute atomic E-state index is 0.315. The minimum Gasteiger partial charge on any atom is -0.370 e. The van der Waals surface area contributed by atoms with Gasteiger partial charge in [0.2, 0.25) is 5.95 Å². The molecule has 0 atom stereocenters. The first-order chi connectivity index (χ1) is 10.1. The van der Waals surface area contributed by atoms with E-state index < -0.39 is 0 Å². The number of nitrogens with one attached hydrogen (secondary N) is 2. The fourth-order valence-corrected chi connectivity index (χ4v) is 2.15. The highest BCUT2D eigenvalue weighted by Crippen LogP contribution is 2.13. The molecule has 0 aliphatic carbocycles. The van der Waals surface area contributed by atoms with E-state index in [1.54, 1.807) is 0 Å². The number of unbranched alkanes of at least 4 members (excludes halogenated alkanes) is 3. The Morgan fingerprint density at radius 1 is 1.00 bits per heavy atom. The van der Waals surface area contributed by atoms with Crippen molar-refractivity contribution in [2.75, 3.05) is 29.5 Å². The highest BCUT2D eigenvalue weighted by molar-refractivity contribution is 5.50. The quantitative estimate of drug-likeness (QED) is 0.539. The molecule has 0 aliphatic rings. The third kappa shape index (κ3) is 8.38. The van der Waals surface area contributed by atoms with Gasteiger partial charge in [-0.1, -0.05) is 46.5 Å². The van der Waals surface area contributed by atoms with Gasteiger partial charge in [0.15, 0.2) is 0 Å². The number of nitrogens with zero attached hydrogens (tertiary/aromatic N) is 2. The average Bonchev–Trinajstić information content (AvgIpc) is 2.43. The minimum atomic E-state index is 0.315. The van der Waals surface area contributed by atoms with Gasteiger partial charge < -0.3 is 16.4 Å². The van der Waals surface area contributed by atoms with E-state index in [9.17, 15) is 0 Å². The lowest BCUT2D eigenvalue weighted by Crippen LogP contribution is -2.09. The van der Waals surface area contributed by atoms with E-state index in [0.717, 1.165) is 37.1 Å². The molecule has 5 heteroatoms. The summed E-state index contributed by atoms with van der Waals surface area (Å²) in [5.74, 6) is 2.74. The van der Waals surface area contributed by atoms with Gasteiger partial charge in [-0.25, -0.2) is 0 Å². The van der Waals surface area contributed by atoms with E-state index in [1.165, 1.54) is 32.1 Å². The van der Waals surface area contributed by atoms with Crippen molar-refractivity contribution in [2.24, 2.45) is 5.92 Å². The highest BCUT2D eigenvalue weighted by Gasteiger charge is 2.01. The van der Waals surface area contributed by atoms with E-state index in [1.807, 2.05) is 6.07 Å². The molecule has 0 amide bonds. The van der Waals surface area contributed by atoms with E-state index in [-0.39, 0.29) is 0 Å². The largest absolute Gasteiger partial charge is 0.370 e. The normalized spacial score (nSPS) is 10.9. The van der Waals surface area contributed by atoms with Crippen LogP contribution in [0.1, 0.15) is 59.3 Å². The SMILES string of the molecule is CCCNc1cc(NCCCCCCC(C)C)nc(N)n1. The van der Waals surface area contributed by atoms with Gasteiger partial charge in [0.25, 0.3) is 0 Å². The number of hydrogen-bond donors (Lipinski definition) is 3. The Labute approximate surface area is 129 Å². The zero-order valence-electron chi connectivity index (χ0n) is 13.8. The lowest BCUT2D eigenvalue weighted by Gasteiger charge is -2.09. The summed E-state index contributed by atoms with van der Waals surface area (Å²) in [5.41, 5.74) is 5.73. The Morgan fingerprint density at radius 3 is 2.24 bits per heavy atom. The predicted octanol–water partition coefficient (Wildman–Crippen LogP) is 3.90. The fraction of sp³-hybridized carbons (Fsp3) is 0.750. The van der Waals surface area contributed by atoms with Gasteiger partial charge in [-0.15, -0.1) is 0 Å². The van der Waals surface area contributed by atoms with Gasteiger partial charge in [-0.2, -0.15) is 9.97 Å². The van der Waals surface area contributed by atoms with Crippen LogP contribution >= 0.6 is 0 Å². The second-order valence-corrected chi connectivity index (χ2v) is 5.95. The number of nitrogens with two attached hydrogens (primary N) is 1. The molecular weight excluding hydrogens is 262 g/mol. The van der Waals surface area contributed by atoms with Crippen LogP contribution in [0.4, 0.5) is 17.6 Å². The van der Waals surface area contributed by atoms with Crippen LogP contribution in [0, 0.1) is 5.92 Å². The molecule has 1 rings (SSSR count). The van der Waals surface area contributed by atoms with Crippen molar-refractivity contribution in [1.29, 1.82) is 0 Å². The molecule has 21 heavy (non-hydrogen) atoms. The summed E-state index contributed by atoms with van der Waals surface area (Å²) in [5, 5.41) is 6.56. The van der Waals surface area contributed by atoms with Crippen molar-refractivity contribution in [1.82, 2.24) is 9.97 Å². The smallest absolute Gasteiger partial charge is 0.223 e. The molecule has 5 nitrogen and oxygen atoms in total. The maximum Gasteiger partial charge on any atom is 0.223 e. The number of rotatable bonds is 11. The molecule has 0 unspecified atom stereocenters. The summed E-state index contributed by atoms with van der Waals surface area (Å²) in [6.07, 6.45) is 7.48. The molecule has 4 N–H and O–H groups in total. The maximum absolute atomic E-state index is 5.73. The summed E-state index contributed by atoms with van der Waals surface area (Å²) in [6, 6.07) is 1.92. The molecule has 0 saturated heterocycles. The molecule has 1 aromatic heterocycles. The molecule has 0 saturated carbocycles. The Bertz CT molecular complexity index is 392. The number of hydrogen-bond acceptors (Lipinski definition) is 5. The molecule has 0 fully saturated rings. The molecule has 0 bridgehead atoms. The van der Waals surface area contributed by atoms with E-state index in [2.05, 4.69) is 41.4 Å². The van der Waals surface area contributed by atoms with Crippen LogP contribution < -0.4 is 16.4 Å². The van der Waals surface area contributed by atoms with E-state index >= 15 is 0 Å². The maximum atomic E-state index is 5.73. The van der Waals surface area contributed by atoms with Crippen LogP contribution in [0.5, 0.6) is 0 Å². The van der Waals surface area contributed by atoms with Crippen molar-refractivity contribution in [3.05, 3.63) is 6.07 Å². The molecule has 0 spiro atoms. The van der Waals surface area contributed by atoms with Crippen LogP contribution in [-0.2, 0) is 0 Å². The zero-order valence-corrected chi connectivity index (χ0v) is 13.8. The monoisotopic (exact) mass is 293 g/mol. The van der Waals surface area contributed by atoms with E-state index in [4.69, 9.17) is 5.73 Å². The summed E-state index contributed by atoms with van der Waals surface area (Å²) in [7, 11) is 0. The highest BCUT2D eigenvalue weighted by atomic mass is 15.1. The third-order valence-electron chi connectivity index (χ3n) is 3.31. The van der Waals surface area contributed by atoms with Crippen molar-refractivity contribution in [2.45, 2.75) is 59.3 Å². The van der Waals surface area contributed by atoms with E-state index in [0.29, 0.717) is 5.95 Å². The topological polar surface area (TPSA) is 75.9 Å². The first kappa shape index (κ1) is 17.5. The second-order valence-electron chi connectivity index (χ2n) is 5.95. The first-order valence-corrected chi connectivity index (χ1v) is 8.24. The van der Waals surface area contributed by atoms with Crippen molar-refractivity contribution in [3.63, 3.8) is 0 Å². The lowest BCUT2D eigenvalue weighted by atomic mass is 10.0. The van der Waals surface area contributed by atoms with Crippen molar-refractivity contribution >= 4 is 17.6 Å². The fourth-order valence-electron chi connectivity index (χ4n) is 2.15. The third-order valence-corrected chi connectivity index (χ3v) is 3.31. The molecule has 1 aromatic rings. The molecule has 0 aliphatic heterocycles. The molecule has 0 aromatic carbocycles. The van der Waals surface area contributed by atoms with Crippen LogP contribution in [0.15, 0.2) is 6.07 Å². The second kappa shape index (κ2) is 10.2. The van der Waals surface area contributed by atoms with Crippen molar-refractivity contribution < 1.29 is 0 Å². The van der Waals surface area contributed by atoms with Gasteiger partial charge in [-0.05, 0) is 18.8 Å². The first-order valence-electron chi connectivity index (χ1n) is 8.24. The summed E-state index contributed by atoms with van der Waals surface area (Å²) in [6.45, 7) is 8.52. The van der Waals surface area contributed by atoms with Crippen molar-refractivity contribution in [3.8, 4) is 0 Å². The summed E-state index contributed by atoms with van der Waals surface area (Å²) >= 11 is 0. The molecule has 120 valence electrons. The Hall–Kier alpha value is -1.52. The van der Waals surface area contributed by atoms with Crippen LogP contribution in [0.2, 0.25) is 0 Å². The van der Waals surface area contributed by atoms with Gasteiger partial charge in [0.05, 0.1) is 0 Å². The summed E-state index contributed by atoms with van der Waals surface area (Å²) < 4.78 is 0. The van der Waals surface area contributed by atoms with Crippen LogP contribution in [0.25, 0.3) is 0 Å². The average molecular weight is 293 g/mol. The number of anilines is 3. The van der Waals surface area contributed by atoms with Crippen LogP contribution in [-0.4, -0.2) is 23.1 Å². The number of nitrogen functional groups attached to an aromatic ring is 1. The standard InChI is InChI=1S/C16H31N5/c1-4-10-18-14-12-15(21-16(17)20-14)19-11-8-6-5-7-9-13(2)3/h12-13H,4-11H2,1-3H3,(H4,17,18,19,20,21). The Morgan fingerprint density at radius 2 is 1.62 bits per heavy atom. The van der Waals surface area contributed by atoms with Crippen LogP contribution in [0.3, 0.4) is 0 Å². The molecule has 0 radical (unpaired) electrons.